The molecule has 0 radical (unpaired) electrons. The molecule has 0 bridgehead atoms. The summed E-state index contributed by atoms with van der Waals surface area (Å²) in [5.74, 6) is 0. The standard InChI is InChI=1S/C18H11N7/c1-2-4-15-13(3-1)21-10-17(22-15)18-11-25(24-23-18)12-5-6-14-16(9-12)20-8-7-19-14/h1-11H. The van der Waals surface area contributed by atoms with E-state index >= 15 is 0 Å². The van der Waals surface area contributed by atoms with E-state index in [0.29, 0.717) is 11.4 Å². The van der Waals surface area contributed by atoms with Gasteiger partial charge in [-0.15, -0.1) is 5.10 Å². The summed E-state index contributed by atoms with van der Waals surface area (Å²) in [6, 6.07) is 13.5. The van der Waals surface area contributed by atoms with Crippen LogP contribution in [0.4, 0.5) is 0 Å². The Morgan fingerprint density at radius 2 is 1.52 bits per heavy atom. The predicted octanol–water partition coefficient (Wildman–Crippen LogP) is 2.82. The number of benzene rings is 2. The van der Waals surface area contributed by atoms with Crippen molar-refractivity contribution in [3.05, 3.63) is 67.3 Å². The predicted molar refractivity (Wildman–Crippen MR) is 93.0 cm³/mol. The van der Waals surface area contributed by atoms with Crippen LogP contribution in [-0.2, 0) is 0 Å². The van der Waals surface area contributed by atoms with Gasteiger partial charge in [0.05, 0.1) is 40.1 Å². The highest BCUT2D eigenvalue weighted by Crippen LogP contribution is 2.19. The first-order valence-corrected chi connectivity index (χ1v) is 7.72. The number of hydrogen-bond donors (Lipinski definition) is 0. The summed E-state index contributed by atoms with van der Waals surface area (Å²) in [6.07, 6.45) is 6.89. The van der Waals surface area contributed by atoms with Gasteiger partial charge in [-0.2, -0.15) is 0 Å². The van der Waals surface area contributed by atoms with E-state index in [9.17, 15) is 0 Å². The van der Waals surface area contributed by atoms with Gasteiger partial charge in [-0.25, -0.2) is 9.67 Å². The van der Waals surface area contributed by atoms with Crippen molar-refractivity contribution < 1.29 is 0 Å². The molecule has 0 saturated heterocycles. The normalized spacial score (nSPS) is 11.2. The number of hydrogen-bond acceptors (Lipinski definition) is 6. The topological polar surface area (TPSA) is 82.3 Å². The second-order valence-electron chi connectivity index (χ2n) is 5.52. The molecule has 7 nitrogen and oxygen atoms in total. The van der Waals surface area contributed by atoms with E-state index in [1.807, 2.05) is 48.7 Å². The summed E-state index contributed by atoms with van der Waals surface area (Å²) in [5, 5.41) is 8.42. The van der Waals surface area contributed by atoms with Gasteiger partial charge in [0.1, 0.15) is 11.4 Å². The molecule has 5 aromatic rings. The smallest absolute Gasteiger partial charge is 0.133 e. The molecular formula is C18H11N7. The summed E-state index contributed by atoms with van der Waals surface area (Å²) in [7, 11) is 0. The quantitative estimate of drug-likeness (QED) is 0.496. The third-order valence-corrected chi connectivity index (χ3v) is 3.92. The monoisotopic (exact) mass is 325 g/mol. The SMILES string of the molecule is c1ccc2nc(-c3cn(-c4ccc5nccnc5c4)nn3)cnc2c1. The van der Waals surface area contributed by atoms with E-state index < -0.39 is 0 Å². The van der Waals surface area contributed by atoms with E-state index in [1.54, 1.807) is 23.3 Å². The molecule has 0 aliphatic heterocycles. The zero-order valence-corrected chi connectivity index (χ0v) is 13.0. The number of rotatable bonds is 2. The van der Waals surface area contributed by atoms with Crippen molar-refractivity contribution in [1.29, 1.82) is 0 Å². The summed E-state index contributed by atoms with van der Waals surface area (Å²) in [6.45, 7) is 0. The van der Waals surface area contributed by atoms with E-state index in [0.717, 1.165) is 27.8 Å². The largest absolute Gasteiger partial charge is 0.253 e. The molecule has 0 amide bonds. The summed E-state index contributed by atoms with van der Waals surface area (Å²) in [4.78, 5) is 17.6. The lowest BCUT2D eigenvalue weighted by Crippen LogP contribution is -1.95. The van der Waals surface area contributed by atoms with Gasteiger partial charge in [0.2, 0.25) is 0 Å². The van der Waals surface area contributed by atoms with Crippen molar-refractivity contribution in [2.24, 2.45) is 0 Å². The minimum absolute atomic E-state index is 0.664. The van der Waals surface area contributed by atoms with Crippen LogP contribution in [0.3, 0.4) is 0 Å². The Bertz CT molecular complexity index is 1120. The second kappa shape index (κ2) is 5.41. The maximum Gasteiger partial charge on any atom is 0.133 e. The van der Waals surface area contributed by atoms with Gasteiger partial charge < -0.3 is 0 Å². The van der Waals surface area contributed by atoms with Crippen LogP contribution in [0.25, 0.3) is 39.1 Å². The summed E-state index contributed by atoms with van der Waals surface area (Å²) >= 11 is 0. The van der Waals surface area contributed by atoms with Crippen LogP contribution in [0.15, 0.2) is 67.3 Å². The highest BCUT2D eigenvalue weighted by atomic mass is 15.4. The van der Waals surface area contributed by atoms with E-state index in [2.05, 4.69) is 30.2 Å². The van der Waals surface area contributed by atoms with Crippen molar-refractivity contribution in [2.45, 2.75) is 0 Å². The van der Waals surface area contributed by atoms with Gasteiger partial charge in [0.25, 0.3) is 0 Å². The Labute approximate surface area is 142 Å². The first-order valence-electron chi connectivity index (χ1n) is 7.72. The highest BCUT2D eigenvalue weighted by molar-refractivity contribution is 5.77. The molecule has 0 aliphatic carbocycles. The van der Waals surface area contributed by atoms with E-state index in [-0.39, 0.29) is 0 Å². The first kappa shape index (κ1) is 13.7. The van der Waals surface area contributed by atoms with Crippen molar-refractivity contribution in [2.75, 3.05) is 0 Å². The highest BCUT2D eigenvalue weighted by Gasteiger charge is 2.09. The molecule has 118 valence electrons. The Kier molecular flexibility index (Phi) is 2.96. The van der Waals surface area contributed by atoms with Gasteiger partial charge in [0, 0.05) is 12.4 Å². The Hall–Kier alpha value is -3.74. The molecule has 0 unspecified atom stereocenters. The minimum atomic E-state index is 0.664. The van der Waals surface area contributed by atoms with Gasteiger partial charge >= 0.3 is 0 Å². The van der Waals surface area contributed by atoms with Crippen LogP contribution in [0.5, 0.6) is 0 Å². The van der Waals surface area contributed by atoms with Crippen molar-refractivity contribution in [1.82, 2.24) is 34.9 Å². The number of aromatic nitrogens is 7. The minimum Gasteiger partial charge on any atom is -0.253 e. The number of nitrogens with zero attached hydrogens (tertiary/aromatic N) is 7. The lowest BCUT2D eigenvalue weighted by Gasteiger charge is -2.01. The van der Waals surface area contributed by atoms with Crippen LogP contribution >= 0.6 is 0 Å². The molecule has 0 aliphatic rings. The van der Waals surface area contributed by atoms with Gasteiger partial charge in [0.15, 0.2) is 0 Å². The Balaban J connectivity index is 1.57. The van der Waals surface area contributed by atoms with Crippen molar-refractivity contribution >= 4 is 22.1 Å². The second-order valence-corrected chi connectivity index (χ2v) is 5.52. The number of fused-ring (bicyclic) bond motifs is 2. The number of para-hydroxylation sites is 2. The summed E-state index contributed by atoms with van der Waals surface area (Å²) < 4.78 is 1.69. The van der Waals surface area contributed by atoms with E-state index in [4.69, 9.17) is 0 Å². The van der Waals surface area contributed by atoms with Crippen LogP contribution in [0.1, 0.15) is 0 Å². The van der Waals surface area contributed by atoms with Crippen LogP contribution in [0, 0.1) is 0 Å². The Morgan fingerprint density at radius 1 is 0.720 bits per heavy atom. The zero-order valence-electron chi connectivity index (χ0n) is 13.0. The van der Waals surface area contributed by atoms with Gasteiger partial charge in [-0.1, -0.05) is 17.3 Å². The molecule has 2 aromatic carbocycles. The molecule has 7 heteroatoms. The fourth-order valence-corrected chi connectivity index (χ4v) is 2.68. The lowest BCUT2D eigenvalue weighted by molar-refractivity contribution is 0.804. The first-order chi connectivity index (χ1) is 12.4. The molecule has 0 N–H and O–H groups in total. The van der Waals surface area contributed by atoms with Gasteiger partial charge in [-0.3, -0.25) is 15.0 Å². The third kappa shape index (κ3) is 2.38. The van der Waals surface area contributed by atoms with Gasteiger partial charge in [-0.05, 0) is 30.3 Å². The van der Waals surface area contributed by atoms with Crippen LogP contribution in [0.2, 0.25) is 0 Å². The molecule has 0 saturated carbocycles. The summed E-state index contributed by atoms with van der Waals surface area (Å²) in [5.41, 5.74) is 5.54. The molecule has 3 aromatic heterocycles. The fourth-order valence-electron chi connectivity index (χ4n) is 2.68. The molecule has 0 fully saturated rings. The fraction of sp³-hybridized carbons (Fsp3) is 0. The maximum absolute atomic E-state index is 4.60. The van der Waals surface area contributed by atoms with Crippen molar-refractivity contribution in [3.63, 3.8) is 0 Å². The van der Waals surface area contributed by atoms with Crippen molar-refractivity contribution in [3.8, 4) is 17.1 Å². The Morgan fingerprint density at radius 3 is 2.44 bits per heavy atom. The third-order valence-electron chi connectivity index (χ3n) is 3.92. The zero-order chi connectivity index (χ0) is 16.6. The molecule has 0 spiro atoms. The molecular weight excluding hydrogens is 314 g/mol. The molecule has 25 heavy (non-hydrogen) atoms. The maximum atomic E-state index is 4.60. The average Bonchev–Trinajstić information content (AvgIpc) is 3.17. The molecule has 0 atom stereocenters. The molecule has 5 rings (SSSR count). The lowest BCUT2D eigenvalue weighted by atomic mass is 10.2. The average molecular weight is 325 g/mol. The van der Waals surface area contributed by atoms with Crippen LogP contribution < -0.4 is 0 Å². The van der Waals surface area contributed by atoms with Crippen LogP contribution in [-0.4, -0.2) is 34.9 Å². The molecule has 3 heterocycles. The van der Waals surface area contributed by atoms with E-state index in [1.165, 1.54) is 0 Å².